The van der Waals surface area contributed by atoms with Gasteiger partial charge in [0.2, 0.25) is 5.91 Å². The van der Waals surface area contributed by atoms with Gasteiger partial charge >= 0.3 is 0 Å². The minimum absolute atomic E-state index is 0.0184. The Labute approximate surface area is 113 Å². The van der Waals surface area contributed by atoms with Crippen LogP contribution in [0.5, 0.6) is 0 Å². The van der Waals surface area contributed by atoms with Crippen LogP contribution < -0.4 is 4.90 Å². The summed E-state index contributed by atoms with van der Waals surface area (Å²) in [5.41, 5.74) is 2.14. The van der Waals surface area contributed by atoms with Crippen molar-refractivity contribution in [2.75, 3.05) is 23.0 Å². The van der Waals surface area contributed by atoms with E-state index in [0.717, 1.165) is 18.5 Å². The summed E-state index contributed by atoms with van der Waals surface area (Å²) < 4.78 is 23.0. The Kier molecular flexibility index (Phi) is 3.09. The van der Waals surface area contributed by atoms with Crippen LogP contribution in [0.3, 0.4) is 0 Å². The van der Waals surface area contributed by atoms with Gasteiger partial charge in [0, 0.05) is 12.2 Å². The summed E-state index contributed by atoms with van der Waals surface area (Å²) in [6.07, 6.45) is 2.41. The summed E-state index contributed by atoms with van der Waals surface area (Å²) in [6, 6.07) is 7.90. The topological polar surface area (TPSA) is 54.5 Å². The zero-order valence-electron chi connectivity index (χ0n) is 10.7. The number of hydrogen-bond acceptors (Lipinski definition) is 3. The van der Waals surface area contributed by atoms with Crippen LogP contribution in [0.4, 0.5) is 5.69 Å². The summed E-state index contributed by atoms with van der Waals surface area (Å²) in [4.78, 5) is 14.3. The average Bonchev–Trinajstić information content (AvgIpc) is 2.78. The third-order valence-corrected chi connectivity index (χ3v) is 5.73. The molecule has 1 atom stereocenters. The van der Waals surface area contributed by atoms with Gasteiger partial charge in [-0.2, -0.15) is 0 Å². The van der Waals surface area contributed by atoms with Gasteiger partial charge in [-0.1, -0.05) is 18.2 Å². The van der Waals surface area contributed by atoms with Gasteiger partial charge in [0.05, 0.1) is 17.4 Å². The number of carbonyl (C=O) groups is 1. The van der Waals surface area contributed by atoms with Crippen LogP contribution in [-0.2, 0) is 21.1 Å². The summed E-state index contributed by atoms with van der Waals surface area (Å²) in [6.45, 7) is 0.701. The molecule has 1 aromatic rings. The van der Waals surface area contributed by atoms with Gasteiger partial charge in [-0.05, 0) is 30.9 Å². The molecule has 0 saturated carbocycles. The largest absolute Gasteiger partial charge is 0.312 e. The summed E-state index contributed by atoms with van der Waals surface area (Å²) in [7, 11) is -3.00. The zero-order chi connectivity index (χ0) is 13.5. The van der Waals surface area contributed by atoms with Crippen LogP contribution in [-0.4, -0.2) is 32.4 Å². The molecule has 1 fully saturated rings. The number of nitrogens with zero attached hydrogens (tertiary/aromatic N) is 1. The third-order valence-electron chi connectivity index (χ3n) is 3.96. The Bertz CT molecular complexity index is 609. The second-order valence-corrected chi connectivity index (χ2v) is 7.55. The fourth-order valence-electron chi connectivity index (χ4n) is 2.97. The maximum atomic E-state index is 12.5. The maximum absolute atomic E-state index is 12.5. The summed E-state index contributed by atoms with van der Waals surface area (Å²) in [5, 5.41) is 0. The Morgan fingerprint density at radius 3 is 2.79 bits per heavy atom. The third kappa shape index (κ3) is 2.39. The molecule has 3 rings (SSSR count). The van der Waals surface area contributed by atoms with E-state index < -0.39 is 9.84 Å². The van der Waals surface area contributed by atoms with Crippen molar-refractivity contribution in [1.82, 2.24) is 0 Å². The molecular weight excluding hydrogens is 262 g/mol. The Hall–Kier alpha value is -1.36. The molecule has 0 aromatic heterocycles. The lowest BCUT2D eigenvalue weighted by molar-refractivity contribution is -0.121. The number of hydrogen-bond donors (Lipinski definition) is 0. The number of amides is 1. The lowest BCUT2D eigenvalue weighted by atomic mass is 9.99. The molecule has 2 aliphatic rings. The lowest BCUT2D eigenvalue weighted by Gasteiger charge is -2.31. The number of sulfone groups is 1. The summed E-state index contributed by atoms with van der Waals surface area (Å²) >= 11 is 0. The van der Waals surface area contributed by atoms with Crippen LogP contribution in [0.25, 0.3) is 0 Å². The van der Waals surface area contributed by atoms with E-state index in [1.807, 2.05) is 24.3 Å². The van der Waals surface area contributed by atoms with Gasteiger partial charge < -0.3 is 4.90 Å². The Morgan fingerprint density at radius 2 is 2.05 bits per heavy atom. The molecule has 1 amide bonds. The molecule has 2 aliphatic heterocycles. The predicted octanol–water partition coefficient (Wildman–Crippen LogP) is 1.40. The van der Waals surface area contributed by atoms with E-state index in [-0.39, 0.29) is 23.3 Å². The standard InChI is InChI=1S/C14H17NO3S/c16-14(12-7-9-19(17,18)10-12)15-8-3-5-11-4-1-2-6-13(11)15/h1-2,4,6,12H,3,5,7-10H2. The van der Waals surface area contributed by atoms with E-state index >= 15 is 0 Å². The second kappa shape index (κ2) is 4.63. The fourth-order valence-corrected chi connectivity index (χ4v) is 4.71. The number of carbonyl (C=O) groups excluding carboxylic acids is 1. The molecule has 0 spiro atoms. The molecule has 0 aliphatic carbocycles. The van der Waals surface area contributed by atoms with Crippen LogP contribution >= 0.6 is 0 Å². The minimum atomic E-state index is -3.00. The summed E-state index contributed by atoms with van der Waals surface area (Å²) in [5.74, 6) is -0.201. The Balaban J connectivity index is 1.86. The first-order valence-corrected chi connectivity index (χ1v) is 8.49. The van der Waals surface area contributed by atoms with Gasteiger partial charge in [-0.25, -0.2) is 8.42 Å². The lowest BCUT2D eigenvalue weighted by Crippen LogP contribution is -2.40. The predicted molar refractivity (Wildman–Crippen MR) is 73.9 cm³/mol. The van der Waals surface area contributed by atoms with Crippen molar-refractivity contribution in [2.24, 2.45) is 5.92 Å². The van der Waals surface area contributed by atoms with Crippen LogP contribution in [0, 0.1) is 5.92 Å². The highest BCUT2D eigenvalue weighted by molar-refractivity contribution is 7.91. The second-order valence-electron chi connectivity index (χ2n) is 5.32. The van der Waals surface area contributed by atoms with E-state index in [2.05, 4.69) is 0 Å². The van der Waals surface area contributed by atoms with Crippen LogP contribution in [0.2, 0.25) is 0 Å². The van der Waals surface area contributed by atoms with Gasteiger partial charge in [0.25, 0.3) is 0 Å². The number of fused-ring (bicyclic) bond motifs is 1. The monoisotopic (exact) mass is 279 g/mol. The molecule has 1 saturated heterocycles. The molecule has 102 valence electrons. The van der Waals surface area contributed by atoms with E-state index in [0.29, 0.717) is 13.0 Å². The van der Waals surface area contributed by atoms with Gasteiger partial charge in [-0.15, -0.1) is 0 Å². The number of rotatable bonds is 1. The van der Waals surface area contributed by atoms with Crippen molar-refractivity contribution in [3.63, 3.8) is 0 Å². The normalized spacial score (nSPS) is 25.1. The first kappa shape index (κ1) is 12.7. The molecule has 0 radical (unpaired) electrons. The maximum Gasteiger partial charge on any atom is 0.231 e. The van der Waals surface area contributed by atoms with Crippen LogP contribution in [0.15, 0.2) is 24.3 Å². The number of benzene rings is 1. The Morgan fingerprint density at radius 1 is 1.26 bits per heavy atom. The molecular formula is C14H17NO3S. The van der Waals surface area contributed by atoms with Crippen molar-refractivity contribution < 1.29 is 13.2 Å². The first-order valence-electron chi connectivity index (χ1n) is 6.66. The number of para-hydroxylation sites is 1. The van der Waals surface area contributed by atoms with Gasteiger partial charge in [0.1, 0.15) is 0 Å². The minimum Gasteiger partial charge on any atom is -0.312 e. The van der Waals surface area contributed by atoms with Crippen molar-refractivity contribution >= 4 is 21.4 Å². The zero-order valence-corrected chi connectivity index (χ0v) is 11.5. The molecule has 5 heteroatoms. The molecule has 1 aromatic carbocycles. The van der Waals surface area contributed by atoms with E-state index in [4.69, 9.17) is 0 Å². The fraction of sp³-hybridized carbons (Fsp3) is 0.500. The molecule has 4 nitrogen and oxygen atoms in total. The molecule has 19 heavy (non-hydrogen) atoms. The number of anilines is 1. The first-order chi connectivity index (χ1) is 9.07. The highest BCUT2D eigenvalue weighted by Gasteiger charge is 2.36. The highest BCUT2D eigenvalue weighted by Crippen LogP contribution is 2.30. The molecule has 2 heterocycles. The van der Waals surface area contributed by atoms with Crippen molar-refractivity contribution in [3.05, 3.63) is 29.8 Å². The smallest absolute Gasteiger partial charge is 0.231 e. The SMILES string of the molecule is O=C(C1CCS(=O)(=O)C1)N1CCCc2ccccc21. The van der Waals surface area contributed by atoms with Gasteiger partial charge in [0.15, 0.2) is 9.84 Å². The highest BCUT2D eigenvalue weighted by atomic mass is 32.2. The van der Waals surface area contributed by atoms with E-state index in [1.165, 1.54) is 5.56 Å². The number of aryl methyl sites for hydroxylation is 1. The van der Waals surface area contributed by atoms with Crippen molar-refractivity contribution in [1.29, 1.82) is 0 Å². The van der Waals surface area contributed by atoms with Crippen LogP contribution in [0.1, 0.15) is 18.4 Å². The van der Waals surface area contributed by atoms with Gasteiger partial charge in [-0.3, -0.25) is 4.79 Å². The molecule has 0 bridgehead atoms. The average molecular weight is 279 g/mol. The van der Waals surface area contributed by atoms with E-state index in [9.17, 15) is 13.2 Å². The molecule has 0 N–H and O–H groups in total. The molecule has 1 unspecified atom stereocenters. The van der Waals surface area contributed by atoms with Crippen molar-refractivity contribution in [2.45, 2.75) is 19.3 Å². The quantitative estimate of drug-likeness (QED) is 0.781. The van der Waals surface area contributed by atoms with E-state index in [1.54, 1.807) is 4.90 Å². The van der Waals surface area contributed by atoms with Crippen molar-refractivity contribution in [3.8, 4) is 0 Å².